The van der Waals surface area contributed by atoms with Gasteiger partial charge in [-0.2, -0.15) is 21.8 Å². The SMILES string of the molecule is CCCCCCCCCCCCSC(CCCCCCCC)C(C)OCCCO[P+](=O)C(=O)OO. The lowest BCUT2D eigenvalue weighted by atomic mass is 10.1. The summed E-state index contributed by atoms with van der Waals surface area (Å²) in [5.41, 5.74) is -1.25. The number of hydrogen-bond acceptors (Lipinski definition) is 7. The Bertz CT molecular complexity index is 494. The van der Waals surface area contributed by atoms with Crippen LogP contribution in [0.2, 0.25) is 0 Å². The van der Waals surface area contributed by atoms with Crippen molar-refractivity contribution in [1.29, 1.82) is 0 Å². The van der Waals surface area contributed by atoms with Gasteiger partial charge in [0.05, 0.1) is 6.10 Å². The molecule has 0 heterocycles. The lowest BCUT2D eigenvalue weighted by Gasteiger charge is -2.24. The van der Waals surface area contributed by atoms with E-state index in [1.54, 1.807) is 0 Å². The van der Waals surface area contributed by atoms with Crippen molar-refractivity contribution in [2.24, 2.45) is 0 Å². The van der Waals surface area contributed by atoms with Gasteiger partial charge in [-0.1, -0.05) is 110 Å². The molecule has 3 unspecified atom stereocenters. The molecule has 0 fully saturated rings. The minimum Gasteiger partial charge on any atom is -0.377 e. The van der Waals surface area contributed by atoms with Gasteiger partial charge in [-0.05, 0) is 36.5 Å². The van der Waals surface area contributed by atoms with E-state index in [1.807, 2.05) is 0 Å². The largest absolute Gasteiger partial charge is 0.639 e. The molecule has 3 atom stereocenters. The molecule has 0 amide bonds. The van der Waals surface area contributed by atoms with Crippen molar-refractivity contribution in [3.8, 4) is 0 Å². The number of unbranched alkanes of at least 4 members (excludes halogenated alkanes) is 14. The molecular formula is C27H54O6PS+. The van der Waals surface area contributed by atoms with Gasteiger partial charge in [0.1, 0.15) is 6.61 Å². The van der Waals surface area contributed by atoms with Gasteiger partial charge in [0.25, 0.3) is 0 Å². The average molecular weight is 538 g/mol. The second kappa shape index (κ2) is 26.9. The molecule has 8 heteroatoms. The van der Waals surface area contributed by atoms with Gasteiger partial charge in [0.15, 0.2) is 0 Å². The van der Waals surface area contributed by atoms with Gasteiger partial charge in [0.2, 0.25) is 0 Å². The number of carbonyl (C=O) groups excluding carboxylic acids is 1. The van der Waals surface area contributed by atoms with Crippen molar-refractivity contribution < 1.29 is 28.8 Å². The van der Waals surface area contributed by atoms with Crippen LogP contribution in [0, 0.1) is 0 Å². The fraction of sp³-hybridized carbons (Fsp3) is 0.963. The molecule has 0 aliphatic rings. The molecule has 0 bridgehead atoms. The molecule has 0 saturated heterocycles. The lowest BCUT2D eigenvalue weighted by molar-refractivity contribution is -0.168. The van der Waals surface area contributed by atoms with Crippen molar-refractivity contribution in [1.82, 2.24) is 0 Å². The summed E-state index contributed by atoms with van der Waals surface area (Å²) in [6, 6.07) is 0. The monoisotopic (exact) mass is 537 g/mol. The summed E-state index contributed by atoms with van der Waals surface area (Å²) in [7, 11) is -2.64. The van der Waals surface area contributed by atoms with E-state index in [2.05, 4.69) is 37.4 Å². The summed E-state index contributed by atoms with van der Waals surface area (Å²) in [5.74, 6) is 1.19. The summed E-state index contributed by atoms with van der Waals surface area (Å²) in [6.45, 7) is 7.29. The standard InChI is InChI=1S/C27H53O6PS/c1-4-6-8-10-12-13-14-15-17-19-24-35-26(21-18-16-11-9-7-5-2)25(3)31-22-20-23-32-34(30)27(28)33-29/h25-26H,4-24H2,1-3H3/p+1. The number of rotatable bonds is 27. The van der Waals surface area contributed by atoms with E-state index in [0.29, 0.717) is 18.3 Å². The van der Waals surface area contributed by atoms with E-state index in [4.69, 9.17) is 14.5 Å². The Hall–Kier alpha value is -0.200. The zero-order valence-electron chi connectivity index (χ0n) is 22.8. The zero-order valence-corrected chi connectivity index (χ0v) is 24.6. The molecule has 0 aromatic heterocycles. The molecule has 208 valence electrons. The Kier molecular flexibility index (Phi) is 26.7. The second-order valence-corrected chi connectivity index (χ2v) is 12.0. The van der Waals surface area contributed by atoms with Gasteiger partial charge < -0.3 is 4.74 Å². The molecule has 0 aliphatic heterocycles. The molecule has 0 aliphatic carbocycles. The van der Waals surface area contributed by atoms with Gasteiger partial charge >= 0.3 is 13.7 Å². The highest BCUT2D eigenvalue weighted by atomic mass is 32.2. The summed E-state index contributed by atoms with van der Waals surface area (Å²) in [4.78, 5) is 14.3. The number of hydrogen-bond donors (Lipinski definition) is 1. The van der Waals surface area contributed by atoms with Crippen LogP contribution in [0.15, 0.2) is 0 Å². The first-order valence-electron chi connectivity index (χ1n) is 14.3. The first kappa shape index (κ1) is 34.8. The van der Waals surface area contributed by atoms with E-state index < -0.39 is 13.7 Å². The van der Waals surface area contributed by atoms with Crippen LogP contribution in [0.4, 0.5) is 4.79 Å². The molecule has 0 radical (unpaired) electrons. The maximum atomic E-state index is 11.3. The highest BCUT2D eigenvalue weighted by Gasteiger charge is 2.34. The predicted molar refractivity (Wildman–Crippen MR) is 149 cm³/mol. The molecule has 0 spiro atoms. The average Bonchev–Trinajstić information content (AvgIpc) is 2.86. The van der Waals surface area contributed by atoms with Crippen LogP contribution in [0.1, 0.15) is 136 Å². The number of carbonyl (C=O) groups is 1. The number of ether oxygens (including phenoxy) is 1. The summed E-state index contributed by atoms with van der Waals surface area (Å²) < 4.78 is 22.3. The third kappa shape index (κ3) is 22.7. The molecule has 0 aromatic carbocycles. The maximum Gasteiger partial charge on any atom is 0.639 e. The van der Waals surface area contributed by atoms with Crippen LogP contribution in [-0.2, 0) is 18.7 Å². The van der Waals surface area contributed by atoms with Crippen LogP contribution < -0.4 is 0 Å². The predicted octanol–water partition coefficient (Wildman–Crippen LogP) is 9.92. The van der Waals surface area contributed by atoms with E-state index in [1.165, 1.54) is 115 Å². The van der Waals surface area contributed by atoms with E-state index in [-0.39, 0.29) is 12.7 Å². The molecule has 0 aromatic rings. The van der Waals surface area contributed by atoms with Crippen molar-refractivity contribution >= 4 is 25.5 Å². The Balaban J connectivity index is 4.11. The first-order valence-corrected chi connectivity index (χ1v) is 16.5. The Morgan fingerprint density at radius 1 is 0.771 bits per heavy atom. The normalized spacial score (nSPS) is 13.5. The number of thioether (sulfide) groups is 1. The molecule has 1 N–H and O–H groups in total. The van der Waals surface area contributed by atoms with E-state index in [0.717, 1.165) is 0 Å². The topological polar surface area (TPSA) is 82.1 Å². The van der Waals surface area contributed by atoms with Gasteiger partial charge in [-0.25, -0.2) is 0 Å². The van der Waals surface area contributed by atoms with Gasteiger partial charge in [-0.15, -0.1) is 4.52 Å². The quantitative estimate of drug-likeness (QED) is 0.0483. The van der Waals surface area contributed by atoms with Crippen LogP contribution in [0.5, 0.6) is 0 Å². The third-order valence-electron chi connectivity index (χ3n) is 6.30. The van der Waals surface area contributed by atoms with E-state index >= 15 is 0 Å². The van der Waals surface area contributed by atoms with Gasteiger partial charge in [0, 0.05) is 11.9 Å². The highest BCUT2D eigenvalue weighted by molar-refractivity contribution is 7.99. The third-order valence-corrected chi connectivity index (χ3v) is 8.67. The first-order chi connectivity index (χ1) is 17.1. The van der Waals surface area contributed by atoms with Crippen LogP contribution in [0.3, 0.4) is 0 Å². The minimum absolute atomic E-state index is 0.130. The fourth-order valence-corrected chi connectivity index (χ4v) is 5.90. The summed E-state index contributed by atoms with van der Waals surface area (Å²) in [5, 5.41) is 8.70. The van der Waals surface area contributed by atoms with Crippen molar-refractivity contribution in [2.75, 3.05) is 19.0 Å². The Morgan fingerprint density at radius 3 is 1.83 bits per heavy atom. The molecule has 0 saturated carbocycles. The second-order valence-electron chi connectivity index (χ2n) is 9.52. The van der Waals surface area contributed by atoms with Gasteiger partial charge in [-0.3, -0.25) is 4.89 Å². The molecule has 35 heavy (non-hydrogen) atoms. The Labute approximate surface area is 220 Å². The van der Waals surface area contributed by atoms with E-state index in [9.17, 15) is 9.36 Å². The summed E-state index contributed by atoms with van der Waals surface area (Å²) in [6.07, 6.45) is 23.3. The molecular weight excluding hydrogens is 483 g/mol. The van der Waals surface area contributed by atoms with Crippen molar-refractivity contribution in [2.45, 2.75) is 148 Å². The van der Waals surface area contributed by atoms with Crippen molar-refractivity contribution in [3.05, 3.63) is 0 Å². The maximum absolute atomic E-state index is 11.3. The van der Waals surface area contributed by atoms with Crippen molar-refractivity contribution in [3.63, 3.8) is 0 Å². The smallest absolute Gasteiger partial charge is 0.377 e. The summed E-state index contributed by atoms with van der Waals surface area (Å²) >= 11 is 2.06. The highest BCUT2D eigenvalue weighted by Crippen LogP contribution is 2.27. The fourth-order valence-electron chi connectivity index (χ4n) is 4.07. The zero-order chi connectivity index (χ0) is 26.0. The molecule has 6 nitrogen and oxygen atoms in total. The van der Waals surface area contributed by atoms with Crippen LogP contribution >= 0.6 is 19.8 Å². The van der Waals surface area contributed by atoms with Crippen LogP contribution in [0.25, 0.3) is 0 Å². The lowest BCUT2D eigenvalue weighted by Crippen LogP contribution is -2.24. The van der Waals surface area contributed by atoms with Crippen LogP contribution in [-0.4, -0.2) is 41.3 Å². The Morgan fingerprint density at radius 2 is 1.29 bits per heavy atom. The molecule has 0 rings (SSSR count). The minimum atomic E-state index is -2.64.